The summed E-state index contributed by atoms with van der Waals surface area (Å²) < 4.78 is 0. The van der Waals surface area contributed by atoms with Gasteiger partial charge in [0.05, 0.1) is 0 Å². The molecule has 2 heteroatoms. The Kier molecular flexibility index (Phi) is 2.00. The van der Waals surface area contributed by atoms with Crippen molar-refractivity contribution >= 4 is 0 Å². The van der Waals surface area contributed by atoms with E-state index in [0.717, 1.165) is 25.1 Å². The summed E-state index contributed by atoms with van der Waals surface area (Å²) in [4.78, 5) is 0. The molecule has 0 atom stereocenters. The van der Waals surface area contributed by atoms with Gasteiger partial charge in [-0.1, -0.05) is 0 Å². The molecule has 1 aliphatic rings. The van der Waals surface area contributed by atoms with E-state index in [1.165, 1.54) is 16.7 Å². The number of aryl methyl sites for hydroxylation is 1. The van der Waals surface area contributed by atoms with Crippen LogP contribution in [0.4, 0.5) is 0 Å². The average Bonchev–Trinajstić information content (AvgIpc) is 2.15. The number of phenols is 1. The first-order valence-corrected chi connectivity index (χ1v) is 4.72. The Hall–Kier alpha value is -1.02. The van der Waals surface area contributed by atoms with Crippen molar-refractivity contribution in [1.82, 2.24) is 5.32 Å². The van der Waals surface area contributed by atoms with Crippen molar-refractivity contribution < 1.29 is 5.11 Å². The number of aromatic hydroxyl groups is 1. The molecule has 2 nitrogen and oxygen atoms in total. The fourth-order valence-corrected chi connectivity index (χ4v) is 2.03. The summed E-state index contributed by atoms with van der Waals surface area (Å²) in [7, 11) is 0. The van der Waals surface area contributed by atoms with Crippen molar-refractivity contribution in [2.45, 2.75) is 26.8 Å². The van der Waals surface area contributed by atoms with E-state index in [1.54, 1.807) is 0 Å². The van der Waals surface area contributed by atoms with Crippen molar-refractivity contribution in [2.24, 2.45) is 0 Å². The highest BCUT2D eigenvalue weighted by atomic mass is 16.3. The first kappa shape index (κ1) is 8.57. The SMILES string of the molecule is Cc1cc(O)c(C)c2c1CNCC2. The van der Waals surface area contributed by atoms with Gasteiger partial charge in [-0.2, -0.15) is 0 Å². The molecule has 2 rings (SSSR count). The molecule has 1 aliphatic heterocycles. The van der Waals surface area contributed by atoms with E-state index in [4.69, 9.17) is 0 Å². The van der Waals surface area contributed by atoms with Gasteiger partial charge in [0, 0.05) is 6.54 Å². The van der Waals surface area contributed by atoms with Crippen LogP contribution in [0.25, 0.3) is 0 Å². The third kappa shape index (κ3) is 1.31. The minimum Gasteiger partial charge on any atom is -0.508 e. The van der Waals surface area contributed by atoms with E-state index >= 15 is 0 Å². The Balaban J connectivity index is 2.63. The third-order valence-electron chi connectivity index (χ3n) is 2.88. The van der Waals surface area contributed by atoms with Crippen LogP contribution in [-0.4, -0.2) is 11.7 Å². The zero-order valence-electron chi connectivity index (χ0n) is 8.15. The molecule has 0 aromatic heterocycles. The van der Waals surface area contributed by atoms with Gasteiger partial charge in [-0.3, -0.25) is 0 Å². The molecule has 1 aromatic rings. The van der Waals surface area contributed by atoms with Crippen molar-refractivity contribution in [3.63, 3.8) is 0 Å². The highest BCUT2D eigenvalue weighted by Crippen LogP contribution is 2.28. The second kappa shape index (κ2) is 3.04. The van der Waals surface area contributed by atoms with Gasteiger partial charge in [0.15, 0.2) is 0 Å². The van der Waals surface area contributed by atoms with E-state index in [9.17, 15) is 5.11 Å². The molecular weight excluding hydrogens is 162 g/mol. The number of benzene rings is 1. The third-order valence-corrected chi connectivity index (χ3v) is 2.88. The Bertz CT molecular complexity index is 344. The first-order valence-electron chi connectivity index (χ1n) is 4.72. The Morgan fingerprint density at radius 1 is 1.31 bits per heavy atom. The lowest BCUT2D eigenvalue weighted by Gasteiger charge is -2.22. The number of fused-ring (bicyclic) bond motifs is 1. The molecule has 0 bridgehead atoms. The number of hydrogen-bond acceptors (Lipinski definition) is 2. The Morgan fingerprint density at radius 2 is 2.08 bits per heavy atom. The van der Waals surface area contributed by atoms with Gasteiger partial charge >= 0.3 is 0 Å². The number of hydrogen-bond donors (Lipinski definition) is 2. The fraction of sp³-hybridized carbons (Fsp3) is 0.455. The number of rotatable bonds is 0. The maximum absolute atomic E-state index is 9.64. The largest absolute Gasteiger partial charge is 0.508 e. The van der Waals surface area contributed by atoms with Crippen molar-refractivity contribution in [1.29, 1.82) is 0 Å². The van der Waals surface area contributed by atoms with Crippen LogP contribution in [0.5, 0.6) is 5.75 Å². The summed E-state index contributed by atoms with van der Waals surface area (Å²) >= 11 is 0. The molecule has 13 heavy (non-hydrogen) atoms. The van der Waals surface area contributed by atoms with Gasteiger partial charge in [-0.25, -0.2) is 0 Å². The molecule has 70 valence electrons. The monoisotopic (exact) mass is 177 g/mol. The fourth-order valence-electron chi connectivity index (χ4n) is 2.03. The summed E-state index contributed by atoms with van der Waals surface area (Å²) in [5.41, 5.74) is 4.98. The van der Waals surface area contributed by atoms with Crippen LogP contribution >= 0.6 is 0 Å². The topological polar surface area (TPSA) is 32.3 Å². The Morgan fingerprint density at radius 3 is 2.85 bits per heavy atom. The normalized spacial score (nSPS) is 15.5. The average molecular weight is 177 g/mol. The summed E-state index contributed by atoms with van der Waals surface area (Å²) in [6.07, 6.45) is 1.04. The van der Waals surface area contributed by atoms with Crippen LogP contribution in [0.2, 0.25) is 0 Å². The highest BCUT2D eigenvalue weighted by molar-refractivity contribution is 5.48. The Labute approximate surface area is 78.6 Å². The zero-order valence-corrected chi connectivity index (χ0v) is 8.15. The lowest BCUT2D eigenvalue weighted by Crippen LogP contribution is -2.25. The molecule has 2 N–H and O–H groups in total. The quantitative estimate of drug-likeness (QED) is 0.631. The summed E-state index contributed by atoms with van der Waals surface area (Å²) in [5.74, 6) is 0.443. The van der Waals surface area contributed by atoms with Crippen molar-refractivity contribution in [2.75, 3.05) is 6.54 Å². The van der Waals surface area contributed by atoms with Gasteiger partial charge < -0.3 is 10.4 Å². The lowest BCUT2D eigenvalue weighted by molar-refractivity contribution is 0.467. The zero-order chi connectivity index (χ0) is 9.42. The molecule has 0 radical (unpaired) electrons. The van der Waals surface area contributed by atoms with Crippen molar-refractivity contribution in [3.8, 4) is 5.75 Å². The van der Waals surface area contributed by atoms with E-state index in [0.29, 0.717) is 5.75 Å². The maximum atomic E-state index is 9.64. The van der Waals surface area contributed by atoms with E-state index in [1.807, 2.05) is 13.0 Å². The standard InChI is InChI=1S/C11H15NO/c1-7-5-11(13)8(2)9-3-4-12-6-10(7)9/h5,12-13H,3-4,6H2,1-2H3. The smallest absolute Gasteiger partial charge is 0.119 e. The minimum absolute atomic E-state index is 0.443. The van der Waals surface area contributed by atoms with E-state index in [2.05, 4.69) is 12.2 Å². The van der Waals surface area contributed by atoms with Crippen LogP contribution in [-0.2, 0) is 13.0 Å². The van der Waals surface area contributed by atoms with Crippen LogP contribution in [0.15, 0.2) is 6.07 Å². The lowest BCUT2D eigenvalue weighted by atomic mass is 9.92. The van der Waals surface area contributed by atoms with Crippen molar-refractivity contribution in [3.05, 3.63) is 28.3 Å². The molecule has 0 amide bonds. The van der Waals surface area contributed by atoms with Gasteiger partial charge in [0.25, 0.3) is 0 Å². The molecular formula is C11H15NO. The predicted molar refractivity (Wildman–Crippen MR) is 53.0 cm³/mol. The molecule has 0 unspecified atom stereocenters. The summed E-state index contributed by atoms with van der Waals surface area (Å²) in [6.45, 7) is 6.03. The van der Waals surface area contributed by atoms with Gasteiger partial charge in [0.2, 0.25) is 0 Å². The second-order valence-corrected chi connectivity index (χ2v) is 3.72. The first-order chi connectivity index (χ1) is 6.20. The summed E-state index contributed by atoms with van der Waals surface area (Å²) in [6, 6.07) is 1.86. The molecule has 0 aliphatic carbocycles. The van der Waals surface area contributed by atoms with Gasteiger partial charge in [-0.15, -0.1) is 0 Å². The summed E-state index contributed by atoms with van der Waals surface area (Å²) in [5, 5.41) is 13.0. The molecule has 1 aromatic carbocycles. The molecule has 0 saturated heterocycles. The minimum atomic E-state index is 0.443. The maximum Gasteiger partial charge on any atom is 0.119 e. The number of phenolic OH excluding ortho intramolecular Hbond substituents is 1. The molecule has 0 spiro atoms. The van der Waals surface area contributed by atoms with Crippen LogP contribution < -0.4 is 5.32 Å². The van der Waals surface area contributed by atoms with Crippen LogP contribution in [0.1, 0.15) is 22.3 Å². The van der Waals surface area contributed by atoms with Crippen LogP contribution in [0.3, 0.4) is 0 Å². The number of nitrogens with one attached hydrogen (secondary N) is 1. The van der Waals surface area contributed by atoms with Gasteiger partial charge in [-0.05, 0) is 55.1 Å². The molecule has 1 heterocycles. The molecule has 0 saturated carbocycles. The second-order valence-electron chi connectivity index (χ2n) is 3.72. The van der Waals surface area contributed by atoms with E-state index in [-0.39, 0.29) is 0 Å². The van der Waals surface area contributed by atoms with Gasteiger partial charge in [0.1, 0.15) is 5.75 Å². The predicted octanol–water partition coefficient (Wildman–Crippen LogP) is 1.65. The van der Waals surface area contributed by atoms with E-state index < -0.39 is 0 Å². The van der Waals surface area contributed by atoms with Crippen LogP contribution in [0, 0.1) is 13.8 Å². The highest BCUT2D eigenvalue weighted by Gasteiger charge is 2.15. The molecule has 0 fully saturated rings.